The number of anilines is 1. The Balaban J connectivity index is 1.41. The molecule has 27 heavy (non-hydrogen) atoms. The molecule has 2 N–H and O–H groups in total. The van der Waals surface area contributed by atoms with Gasteiger partial charge in [-0.25, -0.2) is 9.78 Å². The molecule has 2 amide bonds. The fourth-order valence-electron chi connectivity index (χ4n) is 3.97. The molecular weight excluding hydrogens is 362 g/mol. The number of carbonyl (C=O) groups excluding carboxylic acids is 1. The zero-order valence-electron chi connectivity index (χ0n) is 15.1. The molecule has 0 spiro atoms. The molecule has 0 radical (unpaired) electrons. The van der Waals surface area contributed by atoms with Crippen LogP contribution in [-0.2, 0) is 17.6 Å². The van der Waals surface area contributed by atoms with Gasteiger partial charge in [-0.2, -0.15) is 0 Å². The maximum Gasteiger partial charge on any atom is 0.323 e. The summed E-state index contributed by atoms with van der Waals surface area (Å²) in [6, 6.07) is 10.3. The largest absolute Gasteiger partial charge is 0.481 e. The van der Waals surface area contributed by atoms with Gasteiger partial charge >= 0.3 is 12.0 Å². The summed E-state index contributed by atoms with van der Waals surface area (Å²) < 4.78 is 0. The first kappa shape index (κ1) is 18.0. The van der Waals surface area contributed by atoms with E-state index in [0.29, 0.717) is 24.0 Å². The lowest BCUT2D eigenvalue weighted by atomic mass is 9.85. The van der Waals surface area contributed by atoms with Crippen molar-refractivity contribution in [3.63, 3.8) is 0 Å². The number of nitrogens with one attached hydrogen (secondary N) is 1. The van der Waals surface area contributed by atoms with Crippen LogP contribution in [0.15, 0.2) is 30.3 Å². The van der Waals surface area contributed by atoms with Crippen molar-refractivity contribution < 1.29 is 14.7 Å². The normalized spacial score (nSPS) is 22.1. The van der Waals surface area contributed by atoms with E-state index in [4.69, 9.17) is 0 Å². The first-order valence-electron chi connectivity index (χ1n) is 9.42. The molecule has 2 aliphatic rings. The standard InChI is InChI=1S/C20H23N3O3S/c24-18(25)15-7-4-10-23(12-15)20(26)22-19-21-16-9-8-14(11-17(16)27-19)13-5-2-1-3-6-13/h1-3,5-6,14-15H,4,7-12H2,(H,24,25)(H,21,22,26). The number of fused-ring (bicyclic) bond motifs is 1. The molecule has 1 aliphatic heterocycles. The van der Waals surface area contributed by atoms with Crippen molar-refractivity contribution in [1.82, 2.24) is 9.88 Å². The lowest BCUT2D eigenvalue weighted by Crippen LogP contribution is -2.44. The molecule has 0 saturated carbocycles. The average Bonchev–Trinajstić information content (AvgIpc) is 3.10. The quantitative estimate of drug-likeness (QED) is 0.843. The van der Waals surface area contributed by atoms with Gasteiger partial charge in [-0.15, -0.1) is 11.3 Å². The molecule has 1 aromatic heterocycles. The summed E-state index contributed by atoms with van der Waals surface area (Å²) in [6.45, 7) is 0.860. The number of urea groups is 1. The van der Waals surface area contributed by atoms with Gasteiger partial charge in [0.05, 0.1) is 11.6 Å². The van der Waals surface area contributed by atoms with E-state index in [1.165, 1.54) is 10.4 Å². The Bertz CT molecular complexity index is 836. The highest BCUT2D eigenvalue weighted by Crippen LogP contribution is 2.37. The molecule has 2 aromatic rings. The Morgan fingerprint density at radius 2 is 2.04 bits per heavy atom. The van der Waals surface area contributed by atoms with Crippen molar-refractivity contribution in [3.05, 3.63) is 46.5 Å². The van der Waals surface area contributed by atoms with Crippen LogP contribution in [0.1, 0.15) is 41.3 Å². The summed E-state index contributed by atoms with van der Waals surface area (Å²) in [7, 11) is 0. The monoisotopic (exact) mass is 385 g/mol. The number of rotatable bonds is 3. The van der Waals surface area contributed by atoms with Crippen LogP contribution in [0.4, 0.5) is 9.93 Å². The second-order valence-electron chi connectivity index (χ2n) is 7.29. The summed E-state index contributed by atoms with van der Waals surface area (Å²) in [4.78, 5) is 31.2. The van der Waals surface area contributed by atoms with Crippen molar-refractivity contribution in [2.75, 3.05) is 18.4 Å². The highest BCUT2D eigenvalue weighted by molar-refractivity contribution is 7.15. The Morgan fingerprint density at radius 1 is 1.22 bits per heavy atom. The molecule has 2 unspecified atom stereocenters. The molecule has 1 aliphatic carbocycles. The minimum Gasteiger partial charge on any atom is -0.481 e. The van der Waals surface area contributed by atoms with Gasteiger partial charge in [-0.1, -0.05) is 30.3 Å². The van der Waals surface area contributed by atoms with E-state index >= 15 is 0 Å². The third kappa shape index (κ3) is 3.98. The maximum absolute atomic E-state index is 12.5. The van der Waals surface area contributed by atoms with Crippen LogP contribution in [0.5, 0.6) is 0 Å². The fourth-order valence-corrected chi connectivity index (χ4v) is 5.05. The number of nitrogens with zero attached hydrogens (tertiary/aromatic N) is 2. The number of hydrogen-bond donors (Lipinski definition) is 2. The number of likely N-dealkylation sites (tertiary alicyclic amines) is 1. The third-order valence-corrected chi connectivity index (χ3v) is 6.52. The Morgan fingerprint density at radius 3 is 2.81 bits per heavy atom. The van der Waals surface area contributed by atoms with Crippen molar-refractivity contribution in [2.45, 2.75) is 38.0 Å². The second-order valence-corrected chi connectivity index (χ2v) is 8.38. The Labute approximate surface area is 162 Å². The molecule has 142 valence electrons. The van der Waals surface area contributed by atoms with Gasteiger partial charge < -0.3 is 10.0 Å². The number of piperidine rings is 1. The first-order valence-corrected chi connectivity index (χ1v) is 10.2. The zero-order chi connectivity index (χ0) is 18.8. The van der Waals surface area contributed by atoms with Gasteiger partial charge in [-0.3, -0.25) is 10.1 Å². The molecule has 1 saturated heterocycles. The lowest BCUT2D eigenvalue weighted by molar-refractivity contribution is -0.143. The summed E-state index contributed by atoms with van der Waals surface area (Å²) in [5, 5.41) is 12.7. The van der Waals surface area contributed by atoms with Crippen LogP contribution in [0.25, 0.3) is 0 Å². The number of hydrogen-bond acceptors (Lipinski definition) is 4. The van der Waals surface area contributed by atoms with E-state index in [1.54, 1.807) is 16.2 Å². The number of carbonyl (C=O) groups is 2. The Hall–Kier alpha value is -2.41. The van der Waals surface area contributed by atoms with Crippen molar-refractivity contribution in [1.29, 1.82) is 0 Å². The summed E-state index contributed by atoms with van der Waals surface area (Å²) >= 11 is 1.55. The van der Waals surface area contributed by atoms with Crippen LogP contribution >= 0.6 is 11.3 Å². The minimum atomic E-state index is -0.829. The van der Waals surface area contributed by atoms with Crippen LogP contribution in [0, 0.1) is 5.92 Å². The van der Waals surface area contributed by atoms with Crippen LogP contribution in [-0.4, -0.2) is 40.1 Å². The van der Waals surface area contributed by atoms with Crippen molar-refractivity contribution in [3.8, 4) is 0 Å². The molecule has 1 fully saturated rings. The lowest BCUT2D eigenvalue weighted by Gasteiger charge is -2.30. The molecular formula is C20H23N3O3S. The molecule has 1 aromatic carbocycles. The predicted octanol–water partition coefficient (Wildman–Crippen LogP) is 3.74. The number of aliphatic carboxylic acids is 1. The maximum atomic E-state index is 12.5. The van der Waals surface area contributed by atoms with Crippen molar-refractivity contribution >= 4 is 28.5 Å². The number of benzene rings is 1. The molecule has 0 bridgehead atoms. The van der Waals surface area contributed by atoms with E-state index in [2.05, 4.69) is 34.6 Å². The van der Waals surface area contributed by atoms with Gasteiger partial charge in [0, 0.05) is 18.0 Å². The molecule has 4 rings (SSSR count). The van der Waals surface area contributed by atoms with Crippen LogP contribution in [0.2, 0.25) is 0 Å². The number of aryl methyl sites for hydroxylation is 1. The van der Waals surface area contributed by atoms with E-state index in [-0.39, 0.29) is 12.6 Å². The van der Waals surface area contributed by atoms with Crippen molar-refractivity contribution in [2.24, 2.45) is 5.92 Å². The van der Waals surface area contributed by atoms with Gasteiger partial charge in [0.25, 0.3) is 0 Å². The number of carboxylic acid groups (broad SMARTS) is 1. The third-order valence-electron chi connectivity index (χ3n) is 5.48. The number of carboxylic acids is 1. The van der Waals surface area contributed by atoms with E-state index < -0.39 is 11.9 Å². The fraction of sp³-hybridized carbons (Fsp3) is 0.450. The minimum absolute atomic E-state index is 0.244. The Kier molecular flexibility index (Phi) is 5.11. The summed E-state index contributed by atoms with van der Waals surface area (Å²) in [5.41, 5.74) is 2.44. The van der Waals surface area contributed by atoms with Gasteiger partial charge in [-0.05, 0) is 43.6 Å². The smallest absolute Gasteiger partial charge is 0.323 e. The number of amides is 2. The molecule has 6 nitrogen and oxygen atoms in total. The summed E-state index contributed by atoms with van der Waals surface area (Å²) in [6.07, 6.45) is 4.30. The molecule has 7 heteroatoms. The highest BCUT2D eigenvalue weighted by atomic mass is 32.1. The topological polar surface area (TPSA) is 82.5 Å². The highest BCUT2D eigenvalue weighted by Gasteiger charge is 2.29. The van der Waals surface area contributed by atoms with E-state index in [9.17, 15) is 14.7 Å². The number of aromatic nitrogens is 1. The summed E-state index contributed by atoms with van der Waals surface area (Å²) in [5.74, 6) is -0.800. The van der Waals surface area contributed by atoms with Gasteiger partial charge in [0.2, 0.25) is 0 Å². The average molecular weight is 385 g/mol. The molecule has 2 heterocycles. The van der Waals surface area contributed by atoms with E-state index in [0.717, 1.165) is 31.4 Å². The zero-order valence-corrected chi connectivity index (χ0v) is 15.9. The first-order chi connectivity index (χ1) is 13.1. The van der Waals surface area contributed by atoms with E-state index in [1.807, 2.05) is 6.07 Å². The van der Waals surface area contributed by atoms with Gasteiger partial charge in [0.15, 0.2) is 5.13 Å². The predicted molar refractivity (Wildman–Crippen MR) is 104 cm³/mol. The number of thiazole rings is 1. The molecule has 2 atom stereocenters. The van der Waals surface area contributed by atoms with Crippen LogP contribution < -0.4 is 5.32 Å². The van der Waals surface area contributed by atoms with Crippen LogP contribution in [0.3, 0.4) is 0 Å². The second kappa shape index (κ2) is 7.68. The van der Waals surface area contributed by atoms with Gasteiger partial charge in [0.1, 0.15) is 0 Å². The SMILES string of the molecule is O=C(O)C1CCCN(C(=O)Nc2nc3c(s2)CC(c2ccccc2)CC3)C1.